The Hall–Kier alpha value is -2.71. The molecule has 35 heavy (non-hydrogen) atoms. The predicted octanol–water partition coefficient (Wildman–Crippen LogP) is 3.22. The molecule has 0 aliphatic carbocycles. The van der Waals surface area contributed by atoms with E-state index < -0.39 is 9.84 Å². The Kier molecular flexibility index (Phi) is 8.72. The lowest BCUT2D eigenvalue weighted by Crippen LogP contribution is -2.46. The molecule has 2 aromatic carbocycles. The summed E-state index contributed by atoms with van der Waals surface area (Å²) in [5.41, 5.74) is 1.15. The van der Waals surface area contributed by atoms with Crippen LogP contribution in [0.3, 0.4) is 0 Å². The number of piperidine rings is 1. The third kappa shape index (κ3) is 7.64. The predicted molar refractivity (Wildman–Crippen MR) is 138 cm³/mol. The molecule has 3 rings (SSSR count). The molecule has 1 N–H and O–H groups in total. The monoisotopic (exact) mass is 499 g/mol. The molecule has 8 heteroatoms. The largest absolute Gasteiger partial charge is 0.355 e. The lowest BCUT2D eigenvalue weighted by atomic mass is 9.91. The Bertz CT molecular complexity index is 1100. The maximum absolute atomic E-state index is 13.0. The van der Waals surface area contributed by atoms with Crippen LogP contribution in [0.25, 0.3) is 0 Å². The van der Waals surface area contributed by atoms with Crippen LogP contribution in [0.2, 0.25) is 0 Å². The normalized spacial score (nSPS) is 15.3. The Morgan fingerprint density at radius 1 is 1.00 bits per heavy atom. The van der Waals surface area contributed by atoms with Gasteiger partial charge in [0, 0.05) is 37.7 Å². The van der Waals surface area contributed by atoms with Crippen LogP contribution in [0.1, 0.15) is 42.6 Å². The minimum Gasteiger partial charge on any atom is -0.355 e. The smallest absolute Gasteiger partial charge is 0.253 e. The van der Waals surface area contributed by atoms with Crippen molar-refractivity contribution in [2.45, 2.75) is 37.3 Å². The van der Waals surface area contributed by atoms with E-state index in [0.717, 1.165) is 6.54 Å². The Balaban J connectivity index is 1.51. The molecule has 0 atom stereocenters. The first kappa shape index (κ1) is 26.9. The van der Waals surface area contributed by atoms with Gasteiger partial charge in [0.25, 0.3) is 5.91 Å². The summed E-state index contributed by atoms with van der Waals surface area (Å²) in [7, 11) is 0.611. The van der Waals surface area contributed by atoms with Crippen LogP contribution in [0.4, 0.5) is 0 Å². The van der Waals surface area contributed by atoms with E-state index in [9.17, 15) is 18.0 Å². The van der Waals surface area contributed by atoms with Gasteiger partial charge in [-0.15, -0.1) is 0 Å². The molecule has 1 fully saturated rings. The number of carbonyl (C=O) groups is 2. The van der Waals surface area contributed by atoms with E-state index >= 15 is 0 Å². The highest BCUT2D eigenvalue weighted by Crippen LogP contribution is 2.22. The number of hydrogen-bond acceptors (Lipinski definition) is 5. The maximum atomic E-state index is 13.0. The zero-order valence-corrected chi connectivity index (χ0v) is 22.0. The fourth-order valence-corrected chi connectivity index (χ4v) is 5.95. The topological polar surface area (TPSA) is 86.8 Å². The number of carbonyl (C=O) groups excluding carboxylic acids is 2. The molecule has 1 heterocycles. The van der Waals surface area contributed by atoms with Crippen LogP contribution < -0.4 is 5.32 Å². The number of nitrogens with zero attached hydrogens (tertiary/aromatic N) is 2. The van der Waals surface area contributed by atoms with Gasteiger partial charge in [-0.1, -0.05) is 44.2 Å². The molecule has 0 bridgehead atoms. The minimum atomic E-state index is -3.44. The molecule has 0 saturated carbocycles. The maximum Gasteiger partial charge on any atom is 0.253 e. The Morgan fingerprint density at radius 3 is 2.17 bits per heavy atom. The average Bonchev–Trinajstić information content (AvgIpc) is 2.82. The van der Waals surface area contributed by atoms with E-state index in [1.54, 1.807) is 59.5 Å². The number of likely N-dealkylation sites (tertiary alicyclic amines) is 1. The third-order valence-corrected chi connectivity index (χ3v) is 8.00. The van der Waals surface area contributed by atoms with Crippen molar-refractivity contribution in [2.75, 3.05) is 40.3 Å². The van der Waals surface area contributed by atoms with Crippen molar-refractivity contribution in [1.29, 1.82) is 0 Å². The third-order valence-electron chi connectivity index (χ3n) is 6.30. The van der Waals surface area contributed by atoms with Gasteiger partial charge in [-0.25, -0.2) is 8.42 Å². The first-order valence-corrected chi connectivity index (χ1v) is 13.7. The molecule has 0 unspecified atom stereocenters. The standard InChI is InChI=1S/C27H37N3O4S/c1-27(2,20-29(3)4)19-28-25(31)22-14-16-30(17-15-22)26(32)23-12-10-21(11-13-23)18-35(33,34)24-8-6-5-7-9-24/h5-13,22H,14-20H2,1-4H3,(H,28,31). The molecular weight excluding hydrogens is 462 g/mol. The van der Waals surface area contributed by atoms with E-state index in [1.165, 1.54) is 0 Å². The van der Waals surface area contributed by atoms with Gasteiger partial charge in [0.15, 0.2) is 9.84 Å². The highest BCUT2D eigenvalue weighted by molar-refractivity contribution is 7.90. The molecule has 0 radical (unpaired) electrons. The van der Waals surface area contributed by atoms with Crippen LogP contribution in [-0.4, -0.2) is 70.3 Å². The SMILES string of the molecule is CN(C)CC(C)(C)CNC(=O)C1CCN(C(=O)c2ccc(CS(=O)(=O)c3ccccc3)cc2)CC1. The van der Waals surface area contributed by atoms with Crippen LogP contribution in [0.15, 0.2) is 59.5 Å². The van der Waals surface area contributed by atoms with Gasteiger partial charge in [-0.3, -0.25) is 9.59 Å². The average molecular weight is 500 g/mol. The molecule has 1 saturated heterocycles. The first-order chi connectivity index (χ1) is 16.5. The van der Waals surface area contributed by atoms with Crippen LogP contribution >= 0.6 is 0 Å². The van der Waals surface area contributed by atoms with Crippen molar-refractivity contribution in [1.82, 2.24) is 15.1 Å². The Labute approximate surface area is 209 Å². The van der Waals surface area contributed by atoms with E-state index in [4.69, 9.17) is 0 Å². The number of sulfone groups is 1. The van der Waals surface area contributed by atoms with Crippen molar-refractivity contribution >= 4 is 21.7 Å². The van der Waals surface area contributed by atoms with Gasteiger partial charge in [0.2, 0.25) is 5.91 Å². The summed E-state index contributed by atoms with van der Waals surface area (Å²) >= 11 is 0. The highest BCUT2D eigenvalue weighted by atomic mass is 32.2. The quantitative estimate of drug-likeness (QED) is 0.573. The summed E-state index contributed by atoms with van der Waals surface area (Å²) in [6, 6.07) is 15.1. The number of amides is 2. The van der Waals surface area contributed by atoms with Crippen molar-refractivity contribution in [3.63, 3.8) is 0 Å². The summed E-state index contributed by atoms with van der Waals surface area (Å²) in [6.45, 7) is 6.84. The molecule has 1 aliphatic rings. The number of nitrogens with one attached hydrogen (secondary N) is 1. The van der Waals surface area contributed by atoms with Crippen LogP contribution in [-0.2, 0) is 20.4 Å². The summed E-state index contributed by atoms with van der Waals surface area (Å²) in [5.74, 6) is -0.224. The minimum absolute atomic E-state index is 0.0115. The van der Waals surface area contributed by atoms with Gasteiger partial charge >= 0.3 is 0 Å². The van der Waals surface area contributed by atoms with E-state index in [0.29, 0.717) is 43.6 Å². The molecule has 190 valence electrons. The van der Waals surface area contributed by atoms with Gasteiger partial charge in [0.05, 0.1) is 10.6 Å². The van der Waals surface area contributed by atoms with Gasteiger partial charge in [-0.05, 0) is 62.2 Å². The van der Waals surface area contributed by atoms with Gasteiger partial charge in [0.1, 0.15) is 0 Å². The second kappa shape index (κ2) is 11.4. The van der Waals surface area contributed by atoms with Crippen LogP contribution in [0, 0.1) is 11.3 Å². The molecular formula is C27H37N3O4S. The lowest BCUT2D eigenvalue weighted by molar-refractivity contribution is -0.126. The van der Waals surface area contributed by atoms with E-state index in [-0.39, 0.29) is 33.8 Å². The van der Waals surface area contributed by atoms with E-state index in [2.05, 4.69) is 24.1 Å². The van der Waals surface area contributed by atoms with Crippen molar-refractivity contribution in [3.8, 4) is 0 Å². The fraction of sp³-hybridized carbons (Fsp3) is 0.481. The Morgan fingerprint density at radius 2 is 1.60 bits per heavy atom. The van der Waals surface area contributed by atoms with Gasteiger partial charge < -0.3 is 15.1 Å². The van der Waals surface area contributed by atoms with Crippen molar-refractivity contribution in [3.05, 3.63) is 65.7 Å². The summed E-state index contributed by atoms with van der Waals surface area (Å²) < 4.78 is 25.2. The molecule has 0 aromatic heterocycles. The number of hydrogen-bond donors (Lipinski definition) is 1. The van der Waals surface area contributed by atoms with Crippen molar-refractivity contribution < 1.29 is 18.0 Å². The number of benzene rings is 2. The van der Waals surface area contributed by atoms with Crippen molar-refractivity contribution in [2.24, 2.45) is 11.3 Å². The first-order valence-electron chi connectivity index (χ1n) is 12.1. The second-order valence-electron chi connectivity index (χ2n) is 10.5. The summed E-state index contributed by atoms with van der Waals surface area (Å²) in [4.78, 5) is 29.8. The molecule has 7 nitrogen and oxygen atoms in total. The zero-order valence-electron chi connectivity index (χ0n) is 21.2. The molecule has 0 spiro atoms. The molecule has 2 amide bonds. The molecule has 2 aromatic rings. The summed E-state index contributed by atoms with van der Waals surface area (Å²) in [5, 5.41) is 3.09. The summed E-state index contributed by atoms with van der Waals surface area (Å²) in [6.07, 6.45) is 1.28. The van der Waals surface area contributed by atoms with Crippen LogP contribution in [0.5, 0.6) is 0 Å². The number of rotatable bonds is 9. The second-order valence-corrected chi connectivity index (χ2v) is 12.4. The van der Waals surface area contributed by atoms with Gasteiger partial charge in [-0.2, -0.15) is 0 Å². The zero-order chi connectivity index (χ0) is 25.6. The highest BCUT2D eigenvalue weighted by Gasteiger charge is 2.29. The lowest BCUT2D eigenvalue weighted by Gasteiger charge is -2.33. The van der Waals surface area contributed by atoms with E-state index in [1.807, 2.05) is 14.1 Å². The fourth-order valence-electron chi connectivity index (χ4n) is 4.58. The molecule has 1 aliphatic heterocycles.